The first-order valence-corrected chi connectivity index (χ1v) is 10.8. The van der Waals surface area contributed by atoms with Crippen LogP contribution in [0.4, 0.5) is 0 Å². The van der Waals surface area contributed by atoms with Crippen molar-refractivity contribution >= 4 is 22.8 Å². The minimum Gasteiger partial charge on any atom is -0.483 e. The Kier molecular flexibility index (Phi) is 6.54. The lowest BCUT2D eigenvalue weighted by Gasteiger charge is -2.15. The maximum Gasteiger partial charge on any atom is 0.336 e. The third-order valence-corrected chi connectivity index (χ3v) is 5.65. The first kappa shape index (κ1) is 21.6. The van der Waals surface area contributed by atoms with E-state index in [4.69, 9.17) is 9.15 Å². The summed E-state index contributed by atoms with van der Waals surface area (Å²) in [5.41, 5.74) is 2.39. The summed E-state index contributed by atoms with van der Waals surface area (Å²) in [4.78, 5) is 37.8. The molecule has 1 fully saturated rings. The van der Waals surface area contributed by atoms with Crippen LogP contribution in [0.2, 0.25) is 0 Å². The first-order valence-electron chi connectivity index (χ1n) is 10.8. The number of carbonyl (C=O) groups excluding carboxylic acids is 2. The molecule has 32 heavy (non-hydrogen) atoms. The van der Waals surface area contributed by atoms with Gasteiger partial charge < -0.3 is 19.4 Å². The molecule has 2 aromatic carbocycles. The SMILES string of the molecule is Cc1c(OCC(=O)NCCCN2CCCC2=O)ccc2c(-c3ccccc3)cc(=O)oc12. The largest absolute Gasteiger partial charge is 0.483 e. The lowest BCUT2D eigenvalue weighted by Crippen LogP contribution is -2.33. The quantitative estimate of drug-likeness (QED) is 0.434. The van der Waals surface area contributed by atoms with Crippen molar-refractivity contribution in [1.29, 1.82) is 0 Å². The van der Waals surface area contributed by atoms with Gasteiger partial charge in [-0.15, -0.1) is 0 Å². The second kappa shape index (κ2) is 9.68. The monoisotopic (exact) mass is 434 g/mol. The molecular weight excluding hydrogens is 408 g/mol. The second-order valence-corrected chi connectivity index (χ2v) is 7.89. The Bertz CT molecular complexity index is 1190. The van der Waals surface area contributed by atoms with Crippen LogP contribution in [0.25, 0.3) is 22.1 Å². The molecule has 0 aliphatic carbocycles. The molecule has 0 radical (unpaired) electrons. The van der Waals surface area contributed by atoms with Gasteiger partial charge in [-0.05, 0) is 43.0 Å². The molecule has 0 bridgehead atoms. The molecule has 1 saturated heterocycles. The van der Waals surface area contributed by atoms with Crippen LogP contribution in [0, 0.1) is 6.92 Å². The third kappa shape index (κ3) is 4.82. The number of likely N-dealkylation sites (tertiary alicyclic amines) is 1. The van der Waals surface area contributed by atoms with Crippen molar-refractivity contribution in [2.45, 2.75) is 26.2 Å². The highest BCUT2D eigenvalue weighted by Crippen LogP contribution is 2.32. The van der Waals surface area contributed by atoms with Gasteiger partial charge in [-0.3, -0.25) is 9.59 Å². The maximum atomic E-state index is 12.2. The molecule has 0 saturated carbocycles. The molecule has 166 valence electrons. The molecule has 2 amide bonds. The minimum atomic E-state index is -0.439. The number of ether oxygens (including phenoxy) is 1. The summed E-state index contributed by atoms with van der Waals surface area (Å²) in [5, 5.41) is 3.62. The zero-order chi connectivity index (χ0) is 22.5. The molecular formula is C25H26N2O5. The molecule has 7 heteroatoms. The molecule has 1 aromatic heterocycles. The van der Waals surface area contributed by atoms with Gasteiger partial charge in [0.2, 0.25) is 5.91 Å². The van der Waals surface area contributed by atoms with Crippen LogP contribution in [-0.2, 0) is 9.59 Å². The van der Waals surface area contributed by atoms with Crippen LogP contribution in [0.1, 0.15) is 24.8 Å². The van der Waals surface area contributed by atoms with Crippen molar-refractivity contribution in [3.05, 3.63) is 64.5 Å². The number of carbonyl (C=O) groups is 2. The maximum absolute atomic E-state index is 12.2. The van der Waals surface area contributed by atoms with E-state index in [1.807, 2.05) is 41.3 Å². The Balaban J connectivity index is 1.39. The van der Waals surface area contributed by atoms with E-state index in [0.29, 0.717) is 42.8 Å². The lowest BCUT2D eigenvalue weighted by atomic mass is 10.0. The van der Waals surface area contributed by atoms with Crippen molar-refractivity contribution in [3.8, 4) is 16.9 Å². The second-order valence-electron chi connectivity index (χ2n) is 7.89. The molecule has 2 heterocycles. The zero-order valence-corrected chi connectivity index (χ0v) is 18.1. The van der Waals surface area contributed by atoms with Crippen LogP contribution < -0.4 is 15.7 Å². The summed E-state index contributed by atoms with van der Waals surface area (Å²) in [7, 11) is 0. The molecule has 1 aliphatic rings. The Morgan fingerprint density at radius 1 is 1.16 bits per heavy atom. The average molecular weight is 434 g/mol. The number of nitrogens with zero attached hydrogens (tertiary/aromatic N) is 1. The molecule has 7 nitrogen and oxygen atoms in total. The Hall–Kier alpha value is -3.61. The van der Waals surface area contributed by atoms with Crippen LogP contribution in [0.3, 0.4) is 0 Å². The normalized spacial score (nSPS) is 13.5. The van der Waals surface area contributed by atoms with Gasteiger partial charge in [-0.25, -0.2) is 4.79 Å². The molecule has 3 aromatic rings. The highest BCUT2D eigenvalue weighted by atomic mass is 16.5. The fourth-order valence-electron chi connectivity index (χ4n) is 3.99. The summed E-state index contributed by atoms with van der Waals surface area (Å²) in [5.74, 6) is 0.439. The Labute approximate surface area is 186 Å². The van der Waals surface area contributed by atoms with E-state index in [1.165, 1.54) is 6.07 Å². The van der Waals surface area contributed by atoms with E-state index in [9.17, 15) is 14.4 Å². The van der Waals surface area contributed by atoms with E-state index in [1.54, 1.807) is 13.0 Å². The van der Waals surface area contributed by atoms with Crippen molar-refractivity contribution in [2.24, 2.45) is 0 Å². The number of rotatable bonds is 8. The predicted octanol–water partition coefficient (Wildman–Crippen LogP) is 3.28. The molecule has 0 atom stereocenters. The van der Waals surface area contributed by atoms with E-state index in [2.05, 4.69) is 5.32 Å². The van der Waals surface area contributed by atoms with Gasteiger partial charge in [0.05, 0.1) is 0 Å². The van der Waals surface area contributed by atoms with Gasteiger partial charge in [0.1, 0.15) is 11.3 Å². The lowest BCUT2D eigenvalue weighted by molar-refractivity contribution is -0.127. The fourth-order valence-corrected chi connectivity index (χ4v) is 3.99. The number of benzene rings is 2. The Morgan fingerprint density at radius 2 is 1.97 bits per heavy atom. The van der Waals surface area contributed by atoms with Crippen molar-refractivity contribution in [2.75, 3.05) is 26.2 Å². The van der Waals surface area contributed by atoms with Crippen LogP contribution in [-0.4, -0.2) is 43.0 Å². The molecule has 0 unspecified atom stereocenters. The summed E-state index contributed by atoms with van der Waals surface area (Å²) >= 11 is 0. The van der Waals surface area contributed by atoms with Gasteiger partial charge in [0.25, 0.3) is 5.91 Å². The molecule has 1 N–H and O–H groups in total. The minimum absolute atomic E-state index is 0.141. The highest BCUT2D eigenvalue weighted by Gasteiger charge is 2.19. The highest BCUT2D eigenvalue weighted by molar-refractivity contribution is 5.95. The van der Waals surface area contributed by atoms with E-state index in [0.717, 1.165) is 29.5 Å². The molecule has 1 aliphatic heterocycles. The summed E-state index contributed by atoms with van der Waals surface area (Å²) in [6.45, 7) is 3.61. The number of amides is 2. The van der Waals surface area contributed by atoms with Crippen molar-refractivity contribution < 1.29 is 18.7 Å². The number of aryl methyl sites for hydroxylation is 1. The topological polar surface area (TPSA) is 88.9 Å². The average Bonchev–Trinajstić information content (AvgIpc) is 3.21. The van der Waals surface area contributed by atoms with Crippen LogP contribution in [0.15, 0.2) is 57.7 Å². The van der Waals surface area contributed by atoms with Gasteiger partial charge in [0.15, 0.2) is 6.61 Å². The number of fused-ring (bicyclic) bond motifs is 1. The van der Waals surface area contributed by atoms with Gasteiger partial charge in [-0.2, -0.15) is 0 Å². The van der Waals surface area contributed by atoms with Gasteiger partial charge >= 0.3 is 5.63 Å². The molecule has 0 spiro atoms. The number of nitrogens with one attached hydrogen (secondary N) is 1. The summed E-state index contributed by atoms with van der Waals surface area (Å²) < 4.78 is 11.2. The summed E-state index contributed by atoms with van der Waals surface area (Å²) in [6, 6.07) is 14.8. The smallest absolute Gasteiger partial charge is 0.336 e. The Morgan fingerprint density at radius 3 is 2.72 bits per heavy atom. The third-order valence-electron chi connectivity index (χ3n) is 5.65. The standard InChI is InChI=1S/C25H26N2O5/c1-17-21(31-16-22(28)26-12-6-14-27-13-5-9-23(27)29)11-10-19-20(15-24(30)32-25(17)19)18-7-3-2-4-8-18/h2-4,7-8,10-11,15H,5-6,9,12-14,16H2,1H3,(H,26,28). The predicted molar refractivity (Wildman–Crippen MR) is 122 cm³/mol. The summed E-state index contributed by atoms with van der Waals surface area (Å²) in [6.07, 6.45) is 2.25. The number of hydrogen-bond acceptors (Lipinski definition) is 5. The van der Waals surface area contributed by atoms with Crippen molar-refractivity contribution in [1.82, 2.24) is 10.2 Å². The van der Waals surface area contributed by atoms with Crippen LogP contribution >= 0.6 is 0 Å². The molecule has 4 rings (SSSR count). The van der Waals surface area contributed by atoms with E-state index >= 15 is 0 Å². The van der Waals surface area contributed by atoms with E-state index < -0.39 is 5.63 Å². The van der Waals surface area contributed by atoms with Crippen molar-refractivity contribution in [3.63, 3.8) is 0 Å². The van der Waals surface area contributed by atoms with Gasteiger partial charge in [0, 0.05) is 43.1 Å². The number of hydrogen-bond donors (Lipinski definition) is 1. The zero-order valence-electron chi connectivity index (χ0n) is 18.1. The van der Waals surface area contributed by atoms with Gasteiger partial charge in [-0.1, -0.05) is 30.3 Å². The first-order chi connectivity index (χ1) is 15.5. The van der Waals surface area contributed by atoms with Crippen LogP contribution in [0.5, 0.6) is 5.75 Å². The van der Waals surface area contributed by atoms with E-state index in [-0.39, 0.29) is 18.4 Å². The fraction of sp³-hybridized carbons (Fsp3) is 0.320.